The zero-order chi connectivity index (χ0) is 11.5. The van der Waals surface area contributed by atoms with Crippen LogP contribution in [0.3, 0.4) is 0 Å². The molecule has 16 heavy (non-hydrogen) atoms. The van der Waals surface area contributed by atoms with E-state index >= 15 is 0 Å². The zero-order valence-corrected chi connectivity index (χ0v) is 10.7. The first-order valence-electron chi connectivity index (χ1n) is 5.56. The Morgan fingerprint density at radius 3 is 2.69 bits per heavy atom. The number of nitrogens with zero attached hydrogens (tertiary/aromatic N) is 1. The first kappa shape index (κ1) is 11.6. The van der Waals surface area contributed by atoms with Gasteiger partial charge in [-0.05, 0) is 32.9 Å². The number of thioether (sulfide) groups is 1. The molecule has 0 unspecified atom stereocenters. The highest BCUT2D eigenvalue weighted by Crippen LogP contribution is 2.40. The lowest BCUT2D eigenvalue weighted by atomic mass is 10.4. The van der Waals surface area contributed by atoms with Crippen molar-refractivity contribution in [2.24, 2.45) is 0 Å². The molecule has 0 spiro atoms. The third-order valence-electron chi connectivity index (χ3n) is 2.22. The van der Waals surface area contributed by atoms with E-state index in [-0.39, 0.29) is 6.10 Å². The van der Waals surface area contributed by atoms with Crippen molar-refractivity contribution in [2.75, 3.05) is 6.26 Å². The normalized spacial score (nSPS) is 15.2. The van der Waals surface area contributed by atoms with Crippen LogP contribution in [0.25, 0.3) is 0 Å². The molecule has 1 aliphatic carbocycles. The summed E-state index contributed by atoms with van der Waals surface area (Å²) in [5, 5.41) is 0. The van der Waals surface area contributed by atoms with Gasteiger partial charge in [-0.2, -0.15) is 0 Å². The predicted octanol–water partition coefficient (Wildman–Crippen LogP) is 3.13. The van der Waals surface area contributed by atoms with E-state index in [9.17, 15) is 0 Å². The maximum atomic E-state index is 5.89. The van der Waals surface area contributed by atoms with Gasteiger partial charge in [-0.25, -0.2) is 0 Å². The molecule has 1 heterocycles. The zero-order valence-electron chi connectivity index (χ0n) is 9.90. The number of hydrogen-bond donors (Lipinski definition) is 0. The molecule has 0 saturated heterocycles. The van der Waals surface area contributed by atoms with Gasteiger partial charge in [0, 0.05) is 6.20 Å². The molecule has 1 aliphatic rings. The molecule has 0 bridgehead atoms. The van der Waals surface area contributed by atoms with Crippen LogP contribution >= 0.6 is 11.8 Å². The Morgan fingerprint density at radius 2 is 2.12 bits per heavy atom. The van der Waals surface area contributed by atoms with Crippen molar-refractivity contribution in [3.05, 3.63) is 12.4 Å². The SMILES string of the molecule is CSc1cncc(OC(C)C)c1OC1CC1. The van der Waals surface area contributed by atoms with E-state index in [1.54, 1.807) is 18.0 Å². The molecular weight excluding hydrogens is 222 g/mol. The van der Waals surface area contributed by atoms with Gasteiger partial charge in [0.15, 0.2) is 11.5 Å². The van der Waals surface area contributed by atoms with Crippen molar-refractivity contribution in [1.29, 1.82) is 0 Å². The summed E-state index contributed by atoms with van der Waals surface area (Å²) < 4.78 is 11.6. The quantitative estimate of drug-likeness (QED) is 0.739. The molecule has 0 N–H and O–H groups in total. The molecule has 1 fully saturated rings. The summed E-state index contributed by atoms with van der Waals surface area (Å²) in [4.78, 5) is 5.22. The molecule has 0 amide bonds. The van der Waals surface area contributed by atoms with Crippen LogP contribution in [0, 0.1) is 0 Å². The van der Waals surface area contributed by atoms with Gasteiger partial charge in [0.25, 0.3) is 0 Å². The predicted molar refractivity (Wildman–Crippen MR) is 65.4 cm³/mol. The van der Waals surface area contributed by atoms with Gasteiger partial charge in [-0.15, -0.1) is 11.8 Å². The Kier molecular flexibility index (Phi) is 3.59. The van der Waals surface area contributed by atoms with E-state index in [2.05, 4.69) is 4.98 Å². The minimum Gasteiger partial charge on any atom is -0.485 e. The summed E-state index contributed by atoms with van der Waals surface area (Å²) in [6, 6.07) is 0. The van der Waals surface area contributed by atoms with E-state index in [0.29, 0.717) is 6.10 Å². The highest BCUT2D eigenvalue weighted by Gasteiger charge is 2.26. The van der Waals surface area contributed by atoms with E-state index < -0.39 is 0 Å². The Hall–Kier alpha value is -0.900. The second kappa shape index (κ2) is 4.95. The van der Waals surface area contributed by atoms with Gasteiger partial charge >= 0.3 is 0 Å². The molecule has 0 atom stereocenters. The third-order valence-corrected chi connectivity index (χ3v) is 2.95. The van der Waals surface area contributed by atoms with Gasteiger partial charge in [0.2, 0.25) is 0 Å². The highest BCUT2D eigenvalue weighted by atomic mass is 32.2. The summed E-state index contributed by atoms with van der Waals surface area (Å²) in [6.07, 6.45) is 8.40. The van der Waals surface area contributed by atoms with E-state index in [1.807, 2.05) is 26.3 Å². The number of rotatable bonds is 5. The smallest absolute Gasteiger partial charge is 0.181 e. The second-order valence-corrected chi connectivity index (χ2v) is 5.00. The Morgan fingerprint density at radius 1 is 1.38 bits per heavy atom. The molecule has 88 valence electrons. The molecule has 4 heteroatoms. The highest BCUT2D eigenvalue weighted by molar-refractivity contribution is 7.98. The van der Waals surface area contributed by atoms with Crippen LogP contribution < -0.4 is 9.47 Å². The summed E-state index contributed by atoms with van der Waals surface area (Å²) >= 11 is 1.64. The Bertz CT molecular complexity index is 364. The number of ether oxygens (including phenoxy) is 2. The average molecular weight is 239 g/mol. The minimum atomic E-state index is 0.139. The fourth-order valence-electron chi connectivity index (χ4n) is 1.36. The van der Waals surface area contributed by atoms with Crippen LogP contribution in [0.1, 0.15) is 26.7 Å². The van der Waals surface area contributed by atoms with Crippen LogP contribution in [0.5, 0.6) is 11.5 Å². The maximum Gasteiger partial charge on any atom is 0.181 e. The van der Waals surface area contributed by atoms with E-state index in [1.165, 1.54) is 0 Å². The molecule has 3 nitrogen and oxygen atoms in total. The van der Waals surface area contributed by atoms with E-state index in [4.69, 9.17) is 9.47 Å². The number of aromatic nitrogens is 1. The Labute approximate surface area is 101 Å². The summed E-state index contributed by atoms with van der Waals surface area (Å²) in [5.41, 5.74) is 0. The lowest BCUT2D eigenvalue weighted by Gasteiger charge is -2.16. The van der Waals surface area contributed by atoms with E-state index in [0.717, 1.165) is 29.2 Å². The van der Waals surface area contributed by atoms with Crippen LogP contribution in [0.4, 0.5) is 0 Å². The fourth-order valence-corrected chi connectivity index (χ4v) is 1.86. The van der Waals surface area contributed by atoms with Crippen molar-refractivity contribution >= 4 is 11.8 Å². The standard InChI is InChI=1S/C12H17NO2S/c1-8(2)14-10-6-13-7-11(16-3)12(10)15-9-4-5-9/h6-9H,4-5H2,1-3H3. The molecule has 1 aromatic rings. The van der Waals surface area contributed by atoms with Gasteiger partial charge in [0.1, 0.15) is 0 Å². The lowest BCUT2D eigenvalue weighted by Crippen LogP contribution is -2.09. The van der Waals surface area contributed by atoms with Crippen LogP contribution in [0.2, 0.25) is 0 Å². The molecule has 1 aromatic heterocycles. The molecule has 1 saturated carbocycles. The van der Waals surface area contributed by atoms with Gasteiger partial charge in [-0.3, -0.25) is 4.98 Å². The van der Waals surface area contributed by atoms with Crippen molar-refractivity contribution in [2.45, 2.75) is 43.8 Å². The van der Waals surface area contributed by atoms with Crippen molar-refractivity contribution in [3.63, 3.8) is 0 Å². The second-order valence-electron chi connectivity index (χ2n) is 4.15. The topological polar surface area (TPSA) is 31.4 Å². The summed E-state index contributed by atoms with van der Waals surface area (Å²) in [5.74, 6) is 1.62. The monoisotopic (exact) mass is 239 g/mol. The summed E-state index contributed by atoms with van der Waals surface area (Å²) in [6.45, 7) is 4.01. The largest absolute Gasteiger partial charge is 0.485 e. The van der Waals surface area contributed by atoms with Gasteiger partial charge in [-0.1, -0.05) is 0 Å². The van der Waals surface area contributed by atoms with Crippen molar-refractivity contribution in [1.82, 2.24) is 4.98 Å². The van der Waals surface area contributed by atoms with Crippen LogP contribution in [0.15, 0.2) is 17.3 Å². The number of pyridine rings is 1. The fraction of sp³-hybridized carbons (Fsp3) is 0.583. The van der Waals surface area contributed by atoms with Crippen molar-refractivity contribution < 1.29 is 9.47 Å². The van der Waals surface area contributed by atoms with Crippen LogP contribution in [-0.4, -0.2) is 23.4 Å². The molecule has 0 radical (unpaired) electrons. The first-order valence-corrected chi connectivity index (χ1v) is 6.78. The molecule has 0 aliphatic heterocycles. The average Bonchev–Trinajstić information content (AvgIpc) is 3.03. The first-order chi connectivity index (χ1) is 7.70. The lowest BCUT2D eigenvalue weighted by molar-refractivity contribution is 0.213. The maximum absolute atomic E-state index is 5.89. The number of hydrogen-bond acceptors (Lipinski definition) is 4. The third kappa shape index (κ3) is 2.82. The van der Waals surface area contributed by atoms with Gasteiger partial charge in [0.05, 0.1) is 23.3 Å². The minimum absolute atomic E-state index is 0.139. The van der Waals surface area contributed by atoms with Crippen LogP contribution in [-0.2, 0) is 0 Å². The van der Waals surface area contributed by atoms with Gasteiger partial charge < -0.3 is 9.47 Å². The summed E-state index contributed by atoms with van der Waals surface area (Å²) in [7, 11) is 0. The Balaban J connectivity index is 2.25. The molecule has 2 rings (SSSR count). The molecule has 0 aromatic carbocycles. The molecular formula is C12H17NO2S. The van der Waals surface area contributed by atoms with Crippen molar-refractivity contribution in [3.8, 4) is 11.5 Å².